The Bertz CT molecular complexity index is 704. The molecule has 1 aromatic carbocycles. The first kappa shape index (κ1) is 17.2. The second-order valence-electron chi connectivity index (χ2n) is 7.30. The summed E-state index contributed by atoms with van der Waals surface area (Å²) in [5, 5.41) is 2.86. The Morgan fingerprint density at radius 1 is 1.16 bits per heavy atom. The van der Waals surface area contributed by atoms with Crippen molar-refractivity contribution in [2.45, 2.75) is 38.8 Å². The normalized spacial score (nSPS) is 14.8. The Balaban J connectivity index is 1.47. The van der Waals surface area contributed by atoms with Gasteiger partial charge in [0.2, 0.25) is 5.95 Å². The Kier molecular flexibility index (Phi) is 4.88. The molecule has 0 bridgehead atoms. The number of hydrogen-bond acceptors (Lipinski definition) is 5. The van der Waals surface area contributed by atoms with Crippen LogP contribution in [0.25, 0.3) is 0 Å². The molecule has 132 valence electrons. The maximum absolute atomic E-state index is 11.7. The van der Waals surface area contributed by atoms with Crippen LogP contribution in [0.1, 0.15) is 31.9 Å². The molecule has 3 rings (SSSR count). The average Bonchev–Trinajstić information content (AvgIpc) is 2.51. The van der Waals surface area contributed by atoms with Crippen LogP contribution >= 0.6 is 0 Å². The molecule has 0 radical (unpaired) electrons. The number of anilines is 1. The molecule has 6 heteroatoms. The summed E-state index contributed by atoms with van der Waals surface area (Å²) in [6.07, 6.45) is 4.17. The van der Waals surface area contributed by atoms with Crippen molar-refractivity contribution in [1.82, 2.24) is 15.3 Å². The third-order valence-corrected chi connectivity index (χ3v) is 3.83. The summed E-state index contributed by atoms with van der Waals surface area (Å²) in [5.41, 5.74) is 1.84. The lowest BCUT2D eigenvalue weighted by Gasteiger charge is -2.39. The monoisotopic (exact) mass is 340 g/mol. The number of ether oxygens (including phenoxy) is 1. The molecule has 1 amide bonds. The molecule has 6 nitrogen and oxygen atoms in total. The molecular weight excluding hydrogens is 316 g/mol. The quantitative estimate of drug-likeness (QED) is 0.927. The summed E-state index contributed by atoms with van der Waals surface area (Å²) in [6, 6.07) is 10.3. The second kappa shape index (κ2) is 7.09. The van der Waals surface area contributed by atoms with E-state index in [1.807, 2.05) is 56.3 Å². The summed E-state index contributed by atoms with van der Waals surface area (Å²) in [6.45, 7) is 6.94. The lowest BCUT2D eigenvalue weighted by atomic mass is 10.1. The number of benzene rings is 1. The molecule has 0 aliphatic carbocycles. The van der Waals surface area contributed by atoms with Gasteiger partial charge in [-0.1, -0.05) is 30.3 Å². The fraction of sp³-hybridized carbons (Fsp3) is 0.421. The SMILES string of the molecule is CC(C)(C)OC(=O)NC1CN(c2ncc(Cc3ccccc3)cn2)C1. The van der Waals surface area contributed by atoms with Crippen LogP contribution in [0.15, 0.2) is 42.7 Å². The zero-order valence-electron chi connectivity index (χ0n) is 14.9. The van der Waals surface area contributed by atoms with E-state index in [-0.39, 0.29) is 12.1 Å². The number of nitrogens with one attached hydrogen (secondary N) is 1. The smallest absolute Gasteiger partial charge is 0.407 e. The second-order valence-corrected chi connectivity index (χ2v) is 7.30. The average molecular weight is 340 g/mol. The summed E-state index contributed by atoms with van der Waals surface area (Å²) >= 11 is 0. The Labute approximate surface area is 148 Å². The molecule has 0 spiro atoms. The van der Waals surface area contributed by atoms with Crippen LogP contribution in [-0.2, 0) is 11.2 Å². The van der Waals surface area contributed by atoms with Gasteiger partial charge in [0.15, 0.2) is 0 Å². The molecule has 2 heterocycles. The van der Waals surface area contributed by atoms with Gasteiger partial charge in [0.1, 0.15) is 5.60 Å². The van der Waals surface area contributed by atoms with Crippen molar-refractivity contribution < 1.29 is 9.53 Å². The van der Waals surface area contributed by atoms with Crippen molar-refractivity contribution in [3.05, 3.63) is 53.9 Å². The molecule has 0 saturated carbocycles. The minimum Gasteiger partial charge on any atom is -0.444 e. The fourth-order valence-corrected chi connectivity index (χ4v) is 2.64. The minimum absolute atomic E-state index is 0.0717. The van der Waals surface area contributed by atoms with E-state index in [0.29, 0.717) is 19.0 Å². The van der Waals surface area contributed by atoms with Gasteiger partial charge in [-0.15, -0.1) is 0 Å². The van der Waals surface area contributed by atoms with Crippen molar-refractivity contribution >= 4 is 12.0 Å². The van der Waals surface area contributed by atoms with E-state index in [0.717, 1.165) is 12.0 Å². The van der Waals surface area contributed by atoms with Crippen LogP contribution in [0.3, 0.4) is 0 Å². The molecule has 25 heavy (non-hydrogen) atoms. The predicted octanol–water partition coefficient (Wildman–Crippen LogP) is 2.78. The van der Waals surface area contributed by atoms with Crippen LogP contribution < -0.4 is 10.2 Å². The first-order chi connectivity index (χ1) is 11.9. The van der Waals surface area contributed by atoms with Crippen molar-refractivity contribution in [2.24, 2.45) is 0 Å². The molecule has 1 fully saturated rings. The third kappa shape index (κ3) is 4.92. The number of carbonyl (C=O) groups excluding carboxylic acids is 1. The van der Waals surface area contributed by atoms with Crippen LogP contribution in [-0.4, -0.2) is 40.8 Å². The number of nitrogens with zero attached hydrogens (tertiary/aromatic N) is 3. The van der Waals surface area contributed by atoms with Crippen LogP contribution in [0, 0.1) is 0 Å². The Morgan fingerprint density at radius 3 is 2.40 bits per heavy atom. The van der Waals surface area contributed by atoms with Crippen LogP contribution in [0.5, 0.6) is 0 Å². The fourth-order valence-electron chi connectivity index (χ4n) is 2.64. The first-order valence-electron chi connectivity index (χ1n) is 8.48. The molecule has 1 aliphatic heterocycles. The maximum atomic E-state index is 11.7. The molecule has 1 N–H and O–H groups in total. The number of alkyl carbamates (subject to hydrolysis) is 1. The number of amides is 1. The van der Waals surface area contributed by atoms with E-state index in [2.05, 4.69) is 27.4 Å². The van der Waals surface area contributed by atoms with E-state index in [9.17, 15) is 4.79 Å². The Hall–Kier alpha value is -2.63. The summed E-state index contributed by atoms with van der Waals surface area (Å²) in [5.74, 6) is 0.694. The van der Waals surface area contributed by atoms with Gasteiger partial charge in [0, 0.05) is 31.9 Å². The van der Waals surface area contributed by atoms with Gasteiger partial charge in [0.25, 0.3) is 0 Å². The molecule has 2 aromatic rings. The van der Waals surface area contributed by atoms with Crippen molar-refractivity contribution in [1.29, 1.82) is 0 Å². The molecular formula is C19H24N4O2. The topological polar surface area (TPSA) is 67.3 Å². The number of carbonyl (C=O) groups is 1. The van der Waals surface area contributed by atoms with E-state index >= 15 is 0 Å². The molecule has 0 unspecified atom stereocenters. The van der Waals surface area contributed by atoms with E-state index in [4.69, 9.17) is 4.74 Å². The molecule has 1 aromatic heterocycles. The Morgan fingerprint density at radius 2 is 1.80 bits per heavy atom. The van der Waals surface area contributed by atoms with Crippen molar-refractivity contribution in [2.75, 3.05) is 18.0 Å². The maximum Gasteiger partial charge on any atom is 0.407 e. The van der Waals surface area contributed by atoms with Gasteiger partial charge in [-0.05, 0) is 31.9 Å². The summed E-state index contributed by atoms with van der Waals surface area (Å²) in [7, 11) is 0. The largest absolute Gasteiger partial charge is 0.444 e. The van der Waals surface area contributed by atoms with Gasteiger partial charge in [-0.25, -0.2) is 14.8 Å². The number of aromatic nitrogens is 2. The highest BCUT2D eigenvalue weighted by Crippen LogP contribution is 2.17. The zero-order valence-corrected chi connectivity index (χ0v) is 14.9. The summed E-state index contributed by atoms with van der Waals surface area (Å²) < 4.78 is 5.26. The predicted molar refractivity (Wildman–Crippen MR) is 96.7 cm³/mol. The highest BCUT2D eigenvalue weighted by atomic mass is 16.6. The standard InChI is InChI=1S/C19H24N4O2/c1-19(2,3)25-18(24)22-16-12-23(13-16)17-20-10-15(11-21-17)9-14-7-5-4-6-8-14/h4-8,10-11,16H,9,12-13H2,1-3H3,(H,22,24). The summed E-state index contributed by atoms with van der Waals surface area (Å²) in [4.78, 5) is 22.7. The number of rotatable bonds is 4. The molecule has 1 saturated heterocycles. The number of hydrogen-bond donors (Lipinski definition) is 1. The first-order valence-corrected chi connectivity index (χ1v) is 8.48. The van der Waals surface area contributed by atoms with Gasteiger partial charge < -0.3 is 15.0 Å². The lowest BCUT2D eigenvalue weighted by Crippen LogP contribution is -2.60. The minimum atomic E-state index is -0.481. The van der Waals surface area contributed by atoms with Gasteiger partial charge in [-0.2, -0.15) is 0 Å². The van der Waals surface area contributed by atoms with Crippen LogP contribution in [0.4, 0.5) is 10.7 Å². The highest BCUT2D eigenvalue weighted by molar-refractivity contribution is 5.68. The lowest BCUT2D eigenvalue weighted by molar-refractivity contribution is 0.0495. The van der Waals surface area contributed by atoms with Crippen LogP contribution in [0.2, 0.25) is 0 Å². The van der Waals surface area contributed by atoms with E-state index < -0.39 is 5.60 Å². The van der Waals surface area contributed by atoms with E-state index in [1.54, 1.807) is 0 Å². The third-order valence-electron chi connectivity index (χ3n) is 3.83. The van der Waals surface area contributed by atoms with Gasteiger partial charge in [0.05, 0.1) is 6.04 Å². The van der Waals surface area contributed by atoms with Crippen molar-refractivity contribution in [3.63, 3.8) is 0 Å². The van der Waals surface area contributed by atoms with Gasteiger partial charge in [-0.3, -0.25) is 0 Å². The highest BCUT2D eigenvalue weighted by Gasteiger charge is 2.31. The zero-order chi connectivity index (χ0) is 17.9. The van der Waals surface area contributed by atoms with Crippen molar-refractivity contribution in [3.8, 4) is 0 Å². The molecule has 1 aliphatic rings. The molecule has 0 atom stereocenters. The van der Waals surface area contributed by atoms with E-state index in [1.165, 1.54) is 5.56 Å². The van der Waals surface area contributed by atoms with Gasteiger partial charge >= 0.3 is 6.09 Å².